The molecule has 0 spiro atoms. The largest absolute Gasteiger partial charge is 0.354 e. The Morgan fingerprint density at radius 2 is 1.50 bits per heavy atom. The minimum atomic E-state index is -3.92. The molecule has 7 nitrogen and oxygen atoms in total. The third kappa shape index (κ3) is 9.25. The number of nitrogens with zero attached hydrogens (tertiary/aromatic N) is 2. The van der Waals surface area contributed by atoms with E-state index in [1.165, 1.54) is 23.1 Å². The number of rotatable bonds is 12. The molecule has 0 bridgehead atoms. The van der Waals surface area contributed by atoms with Gasteiger partial charge in [-0.05, 0) is 42.2 Å². The molecule has 1 atom stereocenters. The lowest BCUT2D eigenvalue weighted by Crippen LogP contribution is -2.53. The molecular weight excluding hydrogens is 569 g/mol. The summed E-state index contributed by atoms with van der Waals surface area (Å²) in [6, 6.07) is 20.5. The first kappa shape index (κ1) is 31.5. The number of carbonyl (C=O) groups excluding carboxylic acids is 2. The van der Waals surface area contributed by atoms with Crippen LogP contribution in [-0.2, 0) is 32.6 Å². The minimum Gasteiger partial charge on any atom is -0.354 e. The van der Waals surface area contributed by atoms with Crippen LogP contribution in [0.1, 0.15) is 30.5 Å². The van der Waals surface area contributed by atoms with Crippen LogP contribution >= 0.6 is 23.2 Å². The van der Waals surface area contributed by atoms with Gasteiger partial charge in [-0.2, -0.15) is 0 Å². The van der Waals surface area contributed by atoms with Crippen LogP contribution in [0.2, 0.25) is 10.0 Å². The zero-order chi connectivity index (χ0) is 29.4. The second-order valence-electron chi connectivity index (χ2n) is 10.2. The van der Waals surface area contributed by atoms with Crippen molar-refractivity contribution in [2.45, 2.75) is 39.8 Å². The molecule has 214 valence electrons. The Hall–Kier alpha value is -3.07. The van der Waals surface area contributed by atoms with Crippen molar-refractivity contribution < 1.29 is 18.0 Å². The maximum Gasteiger partial charge on any atom is 0.244 e. The van der Waals surface area contributed by atoms with E-state index in [1.807, 2.05) is 75.4 Å². The maximum absolute atomic E-state index is 14.1. The Labute approximate surface area is 247 Å². The lowest BCUT2D eigenvalue weighted by atomic mass is 10.0. The summed E-state index contributed by atoms with van der Waals surface area (Å²) in [6.07, 6.45) is 1.26. The van der Waals surface area contributed by atoms with E-state index in [2.05, 4.69) is 5.32 Å². The normalized spacial score (nSPS) is 12.2. The Morgan fingerprint density at radius 3 is 2.05 bits per heavy atom. The summed E-state index contributed by atoms with van der Waals surface area (Å²) in [5.41, 5.74) is 2.90. The fourth-order valence-corrected chi connectivity index (χ4v) is 5.51. The van der Waals surface area contributed by atoms with Crippen LogP contribution in [0.15, 0.2) is 72.8 Å². The molecule has 0 aromatic heterocycles. The number of sulfonamides is 1. The lowest BCUT2D eigenvalue weighted by Gasteiger charge is -2.33. The molecule has 0 saturated carbocycles. The first-order valence-corrected chi connectivity index (χ1v) is 15.5. The molecule has 0 aliphatic carbocycles. The van der Waals surface area contributed by atoms with Crippen molar-refractivity contribution in [2.24, 2.45) is 5.92 Å². The molecule has 3 rings (SSSR count). The first-order valence-electron chi connectivity index (χ1n) is 12.9. The zero-order valence-electron chi connectivity index (χ0n) is 23.1. The summed E-state index contributed by atoms with van der Waals surface area (Å²) in [5, 5.41) is 3.43. The summed E-state index contributed by atoms with van der Waals surface area (Å²) < 4.78 is 26.7. The van der Waals surface area contributed by atoms with Crippen LogP contribution in [0.25, 0.3) is 0 Å². The topological polar surface area (TPSA) is 86.8 Å². The monoisotopic (exact) mass is 603 g/mol. The molecule has 40 heavy (non-hydrogen) atoms. The minimum absolute atomic E-state index is 0.111. The highest BCUT2D eigenvalue weighted by atomic mass is 35.5. The Bertz CT molecular complexity index is 1390. The molecule has 0 fully saturated rings. The van der Waals surface area contributed by atoms with Crippen molar-refractivity contribution in [3.63, 3.8) is 0 Å². The molecule has 0 heterocycles. The van der Waals surface area contributed by atoms with Crippen LogP contribution in [0.3, 0.4) is 0 Å². The van der Waals surface area contributed by atoms with Crippen molar-refractivity contribution in [2.75, 3.05) is 23.7 Å². The second kappa shape index (κ2) is 14.0. The van der Waals surface area contributed by atoms with Gasteiger partial charge >= 0.3 is 0 Å². The number of benzene rings is 3. The standard InChI is InChI=1S/C30H35Cl2N3O4S/c1-21(2)18-33-30(37)28(14-23-8-6-5-7-9-23)34(19-24-12-10-22(3)11-13-24)29(36)20-35(40(4,38)39)27-16-25(31)15-26(32)17-27/h5-13,15-17,21,28H,14,18-20H2,1-4H3,(H,33,37)/t28-/m0/s1. The number of nitrogens with one attached hydrogen (secondary N) is 1. The van der Waals surface area contributed by atoms with Gasteiger partial charge < -0.3 is 10.2 Å². The Morgan fingerprint density at radius 1 is 0.900 bits per heavy atom. The van der Waals surface area contributed by atoms with Gasteiger partial charge in [0, 0.05) is 29.6 Å². The molecule has 0 saturated heterocycles. The molecular formula is C30H35Cl2N3O4S. The van der Waals surface area contributed by atoms with E-state index in [9.17, 15) is 18.0 Å². The molecule has 10 heteroatoms. The average molecular weight is 605 g/mol. The van der Waals surface area contributed by atoms with Crippen LogP contribution in [0.5, 0.6) is 0 Å². The fourth-order valence-electron chi connectivity index (χ4n) is 4.16. The number of hydrogen-bond donors (Lipinski definition) is 1. The molecule has 0 aliphatic heterocycles. The molecule has 2 amide bonds. The van der Waals surface area contributed by atoms with Gasteiger partial charge in [0.05, 0.1) is 11.9 Å². The second-order valence-corrected chi connectivity index (χ2v) is 13.0. The molecule has 0 radical (unpaired) electrons. The highest BCUT2D eigenvalue weighted by molar-refractivity contribution is 7.92. The quantitative estimate of drug-likeness (QED) is 0.297. The van der Waals surface area contributed by atoms with Gasteiger partial charge in [0.25, 0.3) is 0 Å². The highest BCUT2D eigenvalue weighted by Crippen LogP contribution is 2.27. The predicted molar refractivity (Wildman–Crippen MR) is 162 cm³/mol. The smallest absolute Gasteiger partial charge is 0.244 e. The predicted octanol–water partition coefficient (Wildman–Crippen LogP) is 5.48. The molecule has 3 aromatic rings. The van der Waals surface area contributed by atoms with Gasteiger partial charge in [-0.15, -0.1) is 0 Å². The Balaban J connectivity index is 2.06. The number of amides is 2. The first-order chi connectivity index (χ1) is 18.8. The van der Waals surface area contributed by atoms with E-state index in [1.54, 1.807) is 0 Å². The third-order valence-electron chi connectivity index (χ3n) is 6.24. The summed E-state index contributed by atoms with van der Waals surface area (Å²) in [4.78, 5) is 29.1. The van der Waals surface area contributed by atoms with Crippen LogP contribution in [0.4, 0.5) is 5.69 Å². The summed E-state index contributed by atoms with van der Waals surface area (Å²) in [7, 11) is -3.92. The van der Waals surface area contributed by atoms with Gasteiger partial charge in [0.15, 0.2) is 0 Å². The SMILES string of the molecule is Cc1ccc(CN(C(=O)CN(c2cc(Cl)cc(Cl)c2)S(C)(=O)=O)[C@@H](Cc2ccccc2)C(=O)NCC(C)C)cc1. The maximum atomic E-state index is 14.1. The molecule has 3 aromatic carbocycles. The number of carbonyl (C=O) groups is 2. The molecule has 0 unspecified atom stereocenters. The number of hydrogen-bond acceptors (Lipinski definition) is 4. The van der Waals surface area contributed by atoms with Crippen molar-refractivity contribution >= 4 is 50.7 Å². The lowest BCUT2D eigenvalue weighted by molar-refractivity contribution is -0.140. The van der Waals surface area contributed by atoms with E-state index in [4.69, 9.17) is 23.2 Å². The zero-order valence-corrected chi connectivity index (χ0v) is 25.4. The number of halogens is 2. The molecule has 1 N–H and O–H groups in total. The van der Waals surface area contributed by atoms with E-state index in [0.29, 0.717) is 6.54 Å². The van der Waals surface area contributed by atoms with E-state index >= 15 is 0 Å². The van der Waals surface area contributed by atoms with Gasteiger partial charge in [0.1, 0.15) is 12.6 Å². The van der Waals surface area contributed by atoms with Gasteiger partial charge in [0.2, 0.25) is 21.8 Å². The fraction of sp³-hybridized carbons (Fsp3) is 0.333. The summed E-state index contributed by atoms with van der Waals surface area (Å²) in [5.74, 6) is -0.645. The number of aryl methyl sites for hydroxylation is 1. The van der Waals surface area contributed by atoms with Crippen LogP contribution in [-0.4, -0.2) is 50.5 Å². The summed E-state index contributed by atoms with van der Waals surface area (Å²) in [6.45, 7) is 5.95. The van der Waals surface area contributed by atoms with Crippen molar-refractivity contribution in [1.29, 1.82) is 0 Å². The van der Waals surface area contributed by atoms with Crippen molar-refractivity contribution in [3.8, 4) is 0 Å². The van der Waals surface area contributed by atoms with Crippen LogP contribution in [0, 0.1) is 12.8 Å². The third-order valence-corrected chi connectivity index (χ3v) is 7.82. The highest BCUT2D eigenvalue weighted by Gasteiger charge is 2.33. The Kier molecular flexibility index (Phi) is 11.0. The average Bonchev–Trinajstić information content (AvgIpc) is 2.88. The van der Waals surface area contributed by atoms with Gasteiger partial charge in [-0.25, -0.2) is 8.42 Å². The van der Waals surface area contributed by atoms with E-state index < -0.39 is 28.5 Å². The van der Waals surface area contributed by atoms with Gasteiger partial charge in [-0.1, -0.05) is 97.2 Å². The summed E-state index contributed by atoms with van der Waals surface area (Å²) >= 11 is 12.3. The van der Waals surface area contributed by atoms with Crippen LogP contribution < -0.4 is 9.62 Å². The number of anilines is 1. The van der Waals surface area contributed by atoms with Gasteiger partial charge in [-0.3, -0.25) is 13.9 Å². The molecule has 0 aliphatic rings. The van der Waals surface area contributed by atoms with E-state index in [0.717, 1.165) is 27.3 Å². The van der Waals surface area contributed by atoms with Crippen molar-refractivity contribution in [1.82, 2.24) is 10.2 Å². The van der Waals surface area contributed by atoms with E-state index in [-0.39, 0.29) is 40.5 Å². The van der Waals surface area contributed by atoms with Crippen molar-refractivity contribution in [3.05, 3.63) is 99.5 Å².